The summed E-state index contributed by atoms with van der Waals surface area (Å²) in [6.45, 7) is 4.93. The minimum Gasteiger partial charge on any atom is -0.510 e. The van der Waals surface area contributed by atoms with Crippen LogP contribution in [-0.4, -0.2) is 10.9 Å². The number of hydrogen-bond acceptors (Lipinski definition) is 4. The second-order valence-electron chi connectivity index (χ2n) is 4.46. The molecular weight excluding hydrogens is 240 g/mol. The molecule has 1 aromatic rings. The van der Waals surface area contributed by atoms with Crippen molar-refractivity contribution in [2.24, 2.45) is 10.2 Å². The van der Waals surface area contributed by atoms with Gasteiger partial charge in [-0.3, -0.25) is 4.79 Å². The number of ketones is 1. The first-order valence-corrected chi connectivity index (χ1v) is 6.46. The van der Waals surface area contributed by atoms with Crippen molar-refractivity contribution in [1.82, 2.24) is 0 Å². The number of aryl methyl sites for hydroxylation is 1. The van der Waals surface area contributed by atoms with Gasteiger partial charge >= 0.3 is 0 Å². The van der Waals surface area contributed by atoms with E-state index in [0.29, 0.717) is 5.69 Å². The molecule has 102 valence electrons. The molecule has 1 rings (SSSR count). The van der Waals surface area contributed by atoms with Gasteiger partial charge in [-0.15, -0.1) is 5.11 Å². The lowest BCUT2D eigenvalue weighted by atomic mass is 10.1. The zero-order valence-corrected chi connectivity index (χ0v) is 11.7. The Morgan fingerprint density at radius 2 is 1.84 bits per heavy atom. The summed E-state index contributed by atoms with van der Waals surface area (Å²) in [5.41, 5.74) is 1.93. The minimum atomic E-state index is -0.302. The van der Waals surface area contributed by atoms with E-state index in [2.05, 4.69) is 17.2 Å². The number of carbonyl (C=O) groups excluding carboxylic acids is 1. The largest absolute Gasteiger partial charge is 0.510 e. The van der Waals surface area contributed by atoms with Crippen molar-refractivity contribution in [3.05, 3.63) is 41.3 Å². The average Bonchev–Trinajstić information content (AvgIpc) is 2.37. The standard InChI is InChI=1S/C15H20N2O2/c1-4-5-6-13-7-9-14(10-8-13)16-17-15(11(2)18)12(3)19/h7-10,18H,4-6H2,1-3H3/b15-11-,17-16?. The Bertz CT molecular complexity index is 483. The zero-order valence-electron chi connectivity index (χ0n) is 11.7. The molecule has 0 saturated heterocycles. The van der Waals surface area contributed by atoms with Crippen molar-refractivity contribution in [2.75, 3.05) is 0 Å². The summed E-state index contributed by atoms with van der Waals surface area (Å²) in [7, 11) is 0. The van der Waals surface area contributed by atoms with E-state index in [9.17, 15) is 9.90 Å². The third kappa shape index (κ3) is 5.04. The molecule has 0 radical (unpaired) electrons. The SMILES string of the molecule is CCCCc1ccc(N=N/C(C(C)=O)=C(/C)O)cc1. The van der Waals surface area contributed by atoms with Crippen LogP contribution < -0.4 is 0 Å². The lowest BCUT2D eigenvalue weighted by Crippen LogP contribution is -1.96. The number of aliphatic hydroxyl groups excluding tert-OH is 1. The maximum Gasteiger partial charge on any atom is 0.183 e. The normalized spacial score (nSPS) is 12.6. The Labute approximate surface area is 113 Å². The van der Waals surface area contributed by atoms with Gasteiger partial charge in [-0.2, -0.15) is 5.11 Å². The molecule has 0 fully saturated rings. The van der Waals surface area contributed by atoms with Gasteiger partial charge in [0.25, 0.3) is 0 Å². The second kappa shape index (κ2) is 7.46. The lowest BCUT2D eigenvalue weighted by molar-refractivity contribution is -0.113. The van der Waals surface area contributed by atoms with E-state index in [1.54, 1.807) is 0 Å². The Hall–Kier alpha value is -1.97. The summed E-state index contributed by atoms with van der Waals surface area (Å²) in [6.07, 6.45) is 3.40. The Kier molecular flexibility index (Phi) is 5.93. The number of hydrogen-bond donors (Lipinski definition) is 1. The highest BCUT2D eigenvalue weighted by Crippen LogP contribution is 2.17. The molecule has 0 saturated carbocycles. The van der Waals surface area contributed by atoms with Crippen LogP contribution in [0.25, 0.3) is 0 Å². The van der Waals surface area contributed by atoms with Crippen molar-refractivity contribution in [3.63, 3.8) is 0 Å². The van der Waals surface area contributed by atoms with Gasteiger partial charge in [0.05, 0.1) is 5.69 Å². The summed E-state index contributed by atoms with van der Waals surface area (Å²) in [6, 6.07) is 7.73. The number of aliphatic hydroxyl groups is 1. The van der Waals surface area contributed by atoms with E-state index in [-0.39, 0.29) is 17.2 Å². The smallest absolute Gasteiger partial charge is 0.183 e. The molecule has 0 aliphatic carbocycles. The van der Waals surface area contributed by atoms with Crippen LogP contribution in [0.2, 0.25) is 0 Å². The number of carbonyl (C=O) groups is 1. The molecule has 0 unspecified atom stereocenters. The fraction of sp³-hybridized carbons (Fsp3) is 0.400. The highest BCUT2D eigenvalue weighted by Gasteiger charge is 2.06. The Morgan fingerprint density at radius 3 is 2.32 bits per heavy atom. The summed E-state index contributed by atoms with van der Waals surface area (Å²) in [4.78, 5) is 11.2. The number of Topliss-reactive ketones (excluding diaryl/α,β-unsaturated/α-hetero) is 1. The van der Waals surface area contributed by atoms with E-state index in [1.165, 1.54) is 32.3 Å². The number of benzene rings is 1. The van der Waals surface area contributed by atoms with Crippen LogP contribution in [0.3, 0.4) is 0 Å². The van der Waals surface area contributed by atoms with Crippen LogP contribution in [0.5, 0.6) is 0 Å². The number of nitrogens with zero attached hydrogens (tertiary/aromatic N) is 2. The van der Waals surface area contributed by atoms with E-state index in [0.717, 1.165) is 6.42 Å². The van der Waals surface area contributed by atoms with Crippen LogP contribution in [0.4, 0.5) is 5.69 Å². The number of unbranched alkanes of at least 4 members (excludes halogenated alkanes) is 1. The van der Waals surface area contributed by atoms with Gasteiger partial charge in [0.1, 0.15) is 5.76 Å². The van der Waals surface area contributed by atoms with Gasteiger partial charge in [0.2, 0.25) is 0 Å². The molecule has 0 amide bonds. The molecule has 0 atom stereocenters. The Balaban J connectivity index is 2.77. The number of azo groups is 1. The van der Waals surface area contributed by atoms with Crippen molar-refractivity contribution in [3.8, 4) is 0 Å². The highest BCUT2D eigenvalue weighted by molar-refractivity contribution is 5.93. The molecule has 0 bridgehead atoms. The molecule has 1 aromatic carbocycles. The topological polar surface area (TPSA) is 62.0 Å². The van der Waals surface area contributed by atoms with Crippen molar-refractivity contribution in [2.45, 2.75) is 40.0 Å². The van der Waals surface area contributed by atoms with Crippen LogP contribution in [0.15, 0.2) is 46.0 Å². The quantitative estimate of drug-likeness (QED) is 0.465. The maximum atomic E-state index is 11.2. The van der Waals surface area contributed by atoms with Gasteiger partial charge in [0, 0.05) is 6.92 Å². The molecule has 1 N–H and O–H groups in total. The number of allylic oxidation sites excluding steroid dienone is 2. The van der Waals surface area contributed by atoms with Crippen LogP contribution in [0, 0.1) is 0 Å². The summed E-state index contributed by atoms with van der Waals surface area (Å²) in [5, 5.41) is 17.1. The molecule has 19 heavy (non-hydrogen) atoms. The van der Waals surface area contributed by atoms with Crippen molar-refractivity contribution >= 4 is 11.5 Å². The fourth-order valence-electron chi connectivity index (χ4n) is 1.62. The van der Waals surface area contributed by atoms with Gasteiger partial charge < -0.3 is 5.11 Å². The third-order valence-electron chi connectivity index (χ3n) is 2.70. The first-order valence-electron chi connectivity index (χ1n) is 6.46. The maximum absolute atomic E-state index is 11.2. The van der Waals surface area contributed by atoms with E-state index >= 15 is 0 Å². The van der Waals surface area contributed by atoms with Crippen LogP contribution >= 0.6 is 0 Å². The molecule has 4 nitrogen and oxygen atoms in total. The van der Waals surface area contributed by atoms with Gasteiger partial charge in [0.15, 0.2) is 11.5 Å². The summed E-state index contributed by atoms with van der Waals surface area (Å²) in [5.74, 6) is -0.417. The summed E-state index contributed by atoms with van der Waals surface area (Å²) >= 11 is 0. The van der Waals surface area contributed by atoms with E-state index in [4.69, 9.17) is 0 Å². The zero-order chi connectivity index (χ0) is 14.3. The molecule has 0 aliphatic rings. The first kappa shape index (κ1) is 15.1. The molecule has 0 spiro atoms. The van der Waals surface area contributed by atoms with Crippen molar-refractivity contribution < 1.29 is 9.90 Å². The van der Waals surface area contributed by atoms with E-state index < -0.39 is 0 Å². The predicted molar refractivity (Wildman–Crippen MR) is 75.6 cm³/mol. The average molecular weight is 260 g/mol. The minimum absolute atomic E-state index is 0.00457. The molecule has 4 heteroatoms. The Morgan fingerprint density at radius 1 is 1.21 bits per heavy atom. The molecule has 0 aromatic heterocycles. The monoisotopic (exact) mass is 260 g/mol. The van der Waals surface area contributed by atoms with Crippen LogP contribution in [-0.2, 0) is 11.2 Å². The third-order valence-corrected chi connectivity index (χ3v) is 2.70. The molecule has 0 aliphatic heterocycles. The summed E-state index contributed by atoms with van der Waals surface area (Å²) < 4.78 is 0. The molecule has 0 heterocycles. The second-order valence-corrected chi connectivity index (χ2v) is 4.46. The lowest BCUT2D eigenvalue weighted by Gasteiger charge is -2.00. The number of rotatable bonds is 6. The first-order chi connectivity index (χ1) is 9.04. The van der Waals surface area contributed by atoms with Crippen molar-refractivity contribution in [1.29, 1.82) is 0 Å². The highest BCUT2D eigenvalue weighted by atomic mass is 16.3. The van der Waals surface area contributed by atoms with E-state index in [1.807, 2.05) is 24.3 Å². The van der Waals surface area contributed by atoms with Crippen LogP contribution in [0.1, 0.15) is 39.2 Å². The fourth-order valence-corrected chi connectivity index (χ4v) is 1.62. The molecular formula is C15H20N2O2. The van der Waals surface area contributed by atoms with Gasteiger partial charge in [-0.1, -0.05) is 25.5 Å². The van der Waals surface area contributed by atoms with Gasteiger partial charge in [-0.25, -0.2) is 0 Å². The van der Waals surface area contributed by atoms with Gasteiger partial charge in [-0.05, 0) is 37.5 Å². The predicted octanol–water partition coefficient (Wildman–Crippen LogP) is 4.49.